The van der Waals surface area contributed by atoms with Gasteiger partial charge in [0.15, 0.2) is 6.04 Å². The quantitative estimate of drug-likeness (QED) is 0.634. The second-order valence-electron chi connectivity index (χ2n) is 8.07. The Bertz CT molecular complexity index is 674. The number of carbonyl (C=O) groups excluding carboxylic acids is 1. The maximum atomic E-state index is 12.4. The molecule has 0 spiro atoms. The van der Waals surface area contributed by atoms with E-state index in [2.05, 4.69) is 17.1 Å². The molecule has 6 heteroatoms. The van der Waals surface area contributed by atoms with Gasteiger partial charge < -0.3 is 15.5 Å². The summed E-state index contributed by atoms with van der Waals surface area (Å²) in [6.07, 6.45) is 9.86. The number of carbonyl (C=O) groups is 2. The standard InChI is InChI=1S/C21H30N2O4/c1-14-4-7-16(8-5-14)20(25)22-18(21(26)27)19(24)17-9-6-15(12-17)13-23-10-2-3-11-23/h6-7,9,14,18-19,24H,2-5,8,10-13H2,1H3,(H,22,25)(H,26,27). The number of aliphatic carboxylic acids is 1. The van der Waals surface area contributed by atoms with Crippen LogP contribution in [0.1, 0.15) is 45.4 Å². The molecule has 148 valence electrons. The summed E-state index contributed by atoms with van der Waals surface area (Å²) >= 11 is 0. The molecule has 27 heavy (non-hydrogen) atoms. The van der Waals surface area contributed by atoms with Crippen LogP contribution < -0.4 is 5.32 Å². The zero-order valence-electron chi connectivity index (χ0n) is 16.0. The Kier molecular flexibility index (Phi) is 6.50. The Balaban J connectivity index is 1.57. The Morgan fingerprint density at radius 3 is 2.67 bits per heavy atom. The molecule has 3 aliphatic rings. The van der Waals surface area contributed by atoms with Crippen LogP contribution in [0.4, 0.5) is 0 Å². The Morgan fingerprint density at radius 1 is 1.30 bits per heavy atom. The van der Waals surface area contributed by atoms with E-state index in [4.69, 9.17) is 0 Å². The van der Waals surface area contributed by atoms with E-state index in [0.717, 1.165) is 32.5 Å². The van der Waals surface area contributed by atoms with Crippen molar-refractivity contribution in [2.75, 3.05) is 19.6 Å². The summed E-state index contributed by atoms with van der Waals surface area (Å²) < 4.78 is 0. The van der Waals surface area contributed by atoms with Gasteiger partial charge in [-0.15, -0.1) is 0 Å². The van der Waals surface area contributed by atoms with Crippen LogP contribution in [0, 0.1) is 5.92 Å². The third kappa shape index (κ3) is 5.08. The third-order valence-electron chi connectivity index (χ3n) is 5.80. The van der Waals surface area contributed by atoms with Crippen molar-refractivity contribution in [1.29, 1.82) is 0 Å². The molecule has 2 aliphatic carbocycles. The van der Waals surface area contributed by atoms with E-state index in [1.165, 1.54) is 18.4 Å². The first-order valence-corrected chi connectivity index (χ1v) is 9.95. The second kappa shape index (κ2) is 8.85. The van der Waals surface area contributed by atoms with Crippen LogP contribution in [0.25, 0.3) is 0 Å². The largest absolute Gasteiger partial charge is 0.480 e. The van der Waals surface area contributed by atoms with E-state index < -0.39 is 18.1 Å². The normalized spacial score (nSPS) is 25.4. The highest BCUT2D eigenvalue weighted by Crippen LogP contribution is 2.26. The molecule has 1 heterocycles. The molecule has 6 nitrogen and oxygen atoms in total. The average molecular weight is 374 g/mol. The van der Waals surface area contributed by atoms with Gasteiger partial charge in [-0.25, -0.2) is 4.79 Å². The Hall–Kier alpha value is -1.92. The number of rotatable bonds is 7. The third-order valence-corrected chi connectivity index (χ3v) is 5.80. The van der Waals surface area contributed by atoms with E-state index in [9.17, 15) is 19.8 Å². The first kappa shape index (κ1) is 19.8. The first-order valence-electron chi connectivity index (χ1n) is 9.95. The van der Waals surface area contributed by atoms with Crippen LogP contribution in [0.2, 0.25) is 0 Å². The van der Waals surface area contributed by atoms with Crippen molar-refractivity contribution in [3.05, 3.63) is 34.9 Å². The van der Waals surface area contributed by atoms with Crippen LogP contribution in [-0.2, 0) is 9.59 Å². The number of carboxylic acids is 1. The van der Waals surface area contributed by atoms with E-state index in [1.807, 2.05) is 12.2 Å². The molecule has 1 amide bonds. The van der Waals surface area contributed by atoms with Crippen LogP contribution >= 0.6 is 0 Å². The van der Waals surface area contributed by atoms with Crippen molar-refractivity contribution in [3.8, 4) is 0 Å². The minimum Gasteiger partial charge on any atom is -0.480 e. The summed E-state index contributed by atoms with van der Waals surface area (Å²) in [5, 5.41) is 22.7. The predicted molar refractivity (Wildman–Crippen MR) is 103 cm³/mol. The van der Waals surface area contributed by atoms with Gasteiger partial charge in [-0.1, -0.05) is 30.7 Å². The predicted octanol–water partition coefficient (Wildman–Crippen LogP) is 2.02. The molecule has 1 aliphatic heterocycles. The summed E-state index contributed by atoms with van der Waals surface area (Å²) in [5.41, 5.74) is 2.47. The van der Waals surface area contributed by atoms with Crippen molar-refractivity contribution in [1.82, 2.24) is 10.2 Å². The summed E-state index contributed by atoms with van der Waals surface area (Å²) in [4.78, 5) is 26.5. The maximum absolute atomic E-state index is 12.4. The van der Waals surface area contributed by atoms with E-state index in [-0.39, 0.29) is 5.91 Å². The lowest BCUT2D eigenvalue weighted by Crippen LogP contribution is -2.50. The van der Waals surface area contributed by atoms with Gasteiger partial charge in [0.1, 0.15) is 6.10 Å². The van der Waals surface area contributed by atoms with Crippen LogP contribution in [-0.4, -0.2) is 58.8 Å². The maximum Gasteiger partial charge on any atom is 0.329 e. The monoisotopic (exact) mass is 374 g/mol. The van der Waals surface area contributed by atoms with Gasteiger partial charge in [0, 0.05) is 12.1 Å². The van der Waals surface area contributed by atoms with Gasteiger partial charge in [-0.2, -0.15) is 0 Å². The average Bonchev–Trinajstić information content (AvgIpc) is 3.32. The molecule has 0 bridgehead atoms. The number of aliphatic hydroxyl groups is 1. The Morgan fingerprint density at radius 2 is 2.04 bits per heavy atom. The number of hydrogen-bond acceptors (Lipinski definition) is 4. The van der Waals surface area contributed by atoms with E-state index in [1.54, 1.807) is 6.08 Å². The van der Waals surface area contributed by atoms with Gasteiger partial charge in [0.05, 0.1) is 0 Å². The van der Waals surface area contributed by atoms with E-state index >= 15 is 0 Å². The van der Waals surface area contributed by atoms with Crippen molar-refractivity contribution >= 4 is 11.9 Å². The summed E-state index contributed by atoms with van der Waals surface area (Å²) in [7, 11) is 0. The lowest BCUT2D eigenvalue weighted by atomic mass is 9.90. The second-order valence-corrected chi connectivity index (χ2v) is 8.07. The number of nitrogens with one attached hydrogen (secondary N) is 1. The number of likely N-dealkylation sites (tertiary alicyclic amines) is 1. The highest BCUT2D eigenvalue weighted by molar-refractivity contribution is 5.96. The molecule has 1 fully saturated rings. The van der Waals surface area contributed by atoms with Crippen molar-refractivity contribution in [3.63, 3.8) is 0 Å². The van der Waals surface area contributed by atoms with Gasteiger partial charge in [-0.3, -0.25) is 9.69 Å². The summed E-state index contributed by atoms with van der Waals surface area (Å²) in [6.45, 7) is 5.18. The zero-order chi connectivity index (χ0) is 19.4. The highest BCUT2D eigenvalue weighted by atomic mass is 16.4. The molecular weight excluding hydrogens is 344 g/mol. The van der Waals surface area contributed by atoms with Gasteiger partial charge in [-0.05, 0) is 63.1 Å². The molecule has 3 rings (SSSR count). The molecule has 0 saturated carbocycles. The molecule has 3 atom stereocenters. The van der Waals surface area contributed by atoms with Gasteiger partial charge >= 0.3 is 5.97 Å². The molecule has 3 unspecified atom stereocenters. The molecule has 0 aromatic heterocycles. The van der Waals surface area contributed by atoms with Crippen molar-refractivity contribution in [2.45, 2.75) is 57.6 Å². The first-order chi connectivity index (χ1) is 12.9. The number of aliphatic hydroxyl groups excluding tert-OH is 1. The fourth-order valence-electron chi connectivity index (χ4n) is 4.04. The Labute approximate surface area is 160 Å². The van der Waals surface area contributed by atoms with Gasteiger partial charge in [0.2, 0.25) is 5.91 Å². The number of nitrogens with zero attached hydrogens (tertiary/aromatic N) is 1. The summed E-state index contributed by atoms with van der Waals surface area (Å²) in [6, 6.07) is -1.33. The molecule has 0 aromatic carbocycles. The molecule has 0 aromatic rings. The van der Waals surface area contributed by atoms with Crippen LogP contribution in [0.3, 0.4) is 0 Å². The molecule has 0 radical (unpaired) electrons. The van der Waals surface area contributed by atoms with Crippen LogP contribution in [0.15, 0.2) is 34.9 Å². The highest BCUT2D eigenvalue weighted by Gasteiger charge is 2.33. The van der Waals surface area contributed by atoms with Crippen LogP contribution in [0.5, 0.6) is 0 Å². The fraction of sp³-hybridized carbons (Fsp3) is 0.619. The van der Waals surface area contributed by atoms with Gasteiger partial charge in [0.25, 0.3) is 0 Å². The lowest BCUT2D eigenvalue weighted by molar-refractivity contribution is -0.143. The number of carboxylic acid groups (broad SMARTS) is 1. The zero-order valence-corrected chi connectivity index (χ0v) is 16.0. The summed E-state index contributed by atoms with van der Waals surface area (Å²) in [5.74, 6) is -1.04. The van der Waals surface area contributed by atoms with Crippen molar-refractivity contribution in [2.24, 2.45) is 5.92 Å². The molecular formula is C21H30N2O4. The number of hydrogen-bond donors (Lipinski definition) is 3. The number of allylic oxidation sites excluding steroid dienone is 3. The van der Waals surface area contributed by atoms with Crippen molar-refractivity contribution < 1.29 is 19.8 Å². The topological polar surface area (TPSA) is 89.9 Å². The molecule has 1 saturated heterocycles. The number of amides is 1. The minimum absolute atomic E-state index is 0.378. The minimum atomic E-state index is -1.33. The van der Waals surface area contributed by atoms with E-state index in [0.29, 0.717) is 29.9 Å². The fourth-order valence-corrected chi connectivity index (χ4v) is 4.04. The molecule has 3 N–H and O–H groups in total. The smallest absolute Gasteiger partial charge is 0.329 e. The SMILES string of the molecule is CC1CC=C(C(=O)NC(C(=O)O)C(O)C2=CC=C(CN3CCCC3)C2)CC1. The lowest BCUT2D eigenvalue weighted by Gasteiger charge is -2.24.